The zero-order valence-electron chi connectivity index (χ0n) is 9.11. The van der Waals surface area contributed by atoms with Crippen LogP contribution in [0.2, 0.25) is 0 Å². The second kappa shape index (κ2) is 5.48. The van der Waals surface area contributed by atoms with E-state index in [9.17, 15) is 4.79 Å². The van der Waals surface area contributed by atoms with Gasteiger partial charge in [-0.25, -0.2) is 0 Å². The molecule has 0 aromatic carbocycles. The third-order valence-corrected chi connectivity index (χ3v) is 3.69. The van der Waals surface area contributed by atoms with Crippen LogP contribution in [-0.2, 0) is 11.3 Å². The number of nitrogens with zero attached hydrogens (tertiary/aromatic N) is 3. The summed E-state index contributed by atoms with van der Waals surface area (Å²) in [5.41, 5.74) is 0.733. The van der Waals surface area contributed by atoms with Crippen LogP contribution in [0, 0.1) is 0 Å². The molecular formula is C9H14N4O3S. The first-order chi connectivity index (χ1) is 8.20. The number of aliphatic carboxylic acids is 1. The molecule has 1 saturated heterocycles. The number of thioether (sulfide) groups is 1. The van der Waals surface area contributed by atoms with Gasteiger partial charge in [-0.1, -0.05) is 5.21 Å². The maximum atomic E-state index is 10.8. The number of hydrogen-bond acceptors (Lipinski definition) is 6. The minimum atomic E-state index is -0.840. The molecule has 2 unspecified atom stereocenters. The molecule has 94 valence electrons. The van der Waals surface area contributed by atoms with Crippen LogP contribution in [0.1, 0.15) is 17.5 Å². The molecule has 3 N–H and O–H groups in total. The number of carboxylic acids is 1. The Balaban J connectivity index is 1.94. The quantitative estimate of drug-likeness (QED) is 0.651. The van der Waals surface area contributed by atoms with Crippen LogP contribution in [0.4, 0.5) is 0 Å². The van der Waals surface area contributed by atoms with Crippen molar-refractivity contribution in [2.45, 2.75) is 24.4 Å². The SMILES string of the molecule is O=C(O)C1CSC(c2cn(CCCO)nn2)N1. The topological polar surface area (TPSA) is 100 Å². The number of aryl methyl sites for hydroxylation is 1. The third kappa shape index (κ3) is 2.96. The number of hydrogen-bond donors (Lipinski definition) is 3. The van der Waals surface area contributed by atoms with E-state index >= 15 is 0 Å². The van der Waals surface area contributed by atoms with Crippen molar-refractivity contribution in [2.75, 3.05) is 12.4 Å². The molecule has 1 aliphatic heterocycles. The van der Waals surface area contributed by atoms with Crippen molar-refractivity contribution in [2.24, 2.45) is 0 Å². The number of aliphatic hydroxyl groups is 1. The van der Waals surface area contributed by atoms with Crippen molar-refractivity contribution in [1.82, 2.24) is 20.3 Å². The minimum Gasteiger partial charge on any atom is -0.480 e. The summed E-state index contributed by atoms with van der Waals surface area (Å²) >= 11 is 1.51. The molecule has 8 heteroatoms. The highest BCUT2D eigenvalue weighted by Gasteiger charge is 2.31. The number of aromatic nitrogens is 3. The van der Waals surface area contributed by atoms with Crippen molar-refractivity contribution >= 4 is 17.7 Å². The van der Waals surface area contributed by atoms with Crippen LogP contribution >= 0.6 is 11.8 Å². The smallest absolute Gasteiger partial charge is 0.321 e. The second-order valence-corrected chi connectivity index (χ2v) is 4.89. The minimum absolute atomic E-state index is 0.112. The maximum Gasteiger partial charge on any atom is 0.321 e. The number of rotatable bonds is 5. The largest absolute Gasteiger partial charge is 0.480 e. The number of nitrogens with one attached hydrogen (secondary N) is 1. The van der Waals surface area contributed by atoms with E-state index in [-0.39, 0.29) is 12.0 Å². The van der Waals surface area contributed by atoms with E-state index in [2.05, 4.69) is 15.6 Å². The van der Waals surface area contributed by atoms with E-state index in [4.69, 9.17) is 10.2 Å². The van der Waals surface area contributed by atoms with Gasteiger partial charge >= 0.3 is 5.97 Å². The highest BCUT2D eigenvalue weighted by Crippen LogP contribution is 2.31. The Morgan fingerprint density at radius 3 is 3.18 bits per heavy atom. The number of carbonyl (C=O) groups is 1. The Hall–Kier alpha value is -1.12. The summed E-state index contributed by atoms with van der Waals surface area (Å²) in [6, 6.07) is -0.521. The van der Waals surface area contributed by atoms with E-state index < -0.39 is 12.0 Å². The molecule has 2 rings (SSSR count). The van der Waals surface area contributed by atoms with Gasteiger partial charge < -0.3 is 10.2 Å². The molecule has 0 aliphatic carbocycles. The Morgan fingerprint density at radius 1 is 1.71 bits per heavy atom. The zero-order chi connectivity index (χ0) is 12.3. The predicted octanol–water partition coefficient (Wildman–Crippen LogP) is -0.551. The molecule has 1 aromatic rings. The molecule has 17 heavy (non-hydrogen) atoms. The van der Waals surface area contributed by atoms with Crippen LogP contribution < -0.4 is 5.32 Å². The Bertz CT molecular complexity index is 397. The van der Waals surface area contributed by atoms with Crippen LogP contribution in [-0.4, -0.2) is 49.6 Å². The first-order valence-corrected chi connectivity index (χ1v) is 6.37. The summed E-state index contributed by atoms with van der Waals surface area (Å²) in [6.45, 7) is 0.732. The monoisotopic (exact) mass is 258 g/mol. The standard InChI is InChI=1S/C9H14N4O3S/c14-3-1-2-13-4-6(11-12-13)8-10-7(5-17-8)9(15)16/h4,7-8,10,14H,1-3,5H2,(H,15,16). The van der Waals surface area contributed by atoms with Crippen LogP contribution in [0.3, 0.4) is 0 Å². The molecule has 0 saturated carbocycles. The van der Waals surface area contributed by atoms with Gasteiger partial charge in [-0.05, 0) is 6.42 Å². The Kier molecular flexibility index (Phi) is 3.97. The molecule has 0 radical (unpaired) electrons. The highest BCUT2D eigenvalue weighted by atomic mass is 32.2. The van der Waals surface area contributed by atoms with Gasteiger partial charge in [0.25, 0.3) is 0 Å². The summed E-state index contributed by atoms with van der Waals surface area (Å²) < 4.78 is 1.65. The molecule has 1 fully saturated rings. The molecule has 1 aromatic heterocycles. The average molecular weight is 258 g/mol. The summed E-state index contributed by atoms with van der Waals surface area (Å²) in [4.78, 5) is 10.8. The molecule has 2 heterocycles. The first-order valence-electron chi connectivity index (χ1n) is 5.32. The van der Waals surface area contributed by atoms with E-state index in [1.54, 1.807) is 10.9 Å². The molecule has 2 atom stereocenters. The van der Waals surface area contributed by atoms with Crippen LogP contribution in [0.25, 0.3) is 0 Å². The van der Waals surface area contributed by atoms with Crippen molar-refractivity contribution < 1.29 is 15.0 Å². The summed E-state index contributed by atoms with van der Waals surface area (Å²) in [5, 5.41) is 28.3. The lowest BCUT2D eigenvalue weighted by Gasteiger charge is -2.06. The van der Waals surface area contributed by atoms with Gasteiger partial charge in [0, 0.05) is 18.9 Å². The first kappa shape index (κ1) is 12.3. The fourth-order valence-corrected chi connectivity index (χ4v) is 2.72. The maximum absolute atomic E-state index is 10.8. The van der Waals surface area contributed by atoms with E-state index in [1.807, 2.05) is 0 Å². The second-order valence-electron chi connectivity index (χ2n) is 3.75. The third-order valence-electron chi connectivity index (χ3n) is 2.45. The molecule has 0 spiro atoms. The van der Waals surface area contributed by atoms with E-state index in [0.717, 1.165) is 5.69 Å². The highest BCUT2D eigenvalue weighted by molar-refractivity contribution is 7.99. The van der Waals surface area contributed by atoms with Crippen LogP contribution in [0.15, 0.2) is 6.20 Å². The lowest BCUT2D eigenvalue weighted by molar-refractivity contribution is -0.138. The fourth-order valence-electron chi connectivity index (χ4n) is 1.56. The molecular weight excluding hydrogens is 244 g/mol. The van der Waals surface area contributed by atoms with Gasteiger partial charge in [0.05, 0.1) is 6.20 Å². The average Bonchev–Trinajstić information content (AvgIpc) is 2.94. The molecule has 7 nitrogen and oxygen atoms in total. The summed E-state index contributed by atoms with van der Waals surface area (Å²) in [6.07, 6.45) is 2.41. The zero-order valence-corrected chi connectivity index (χ0v) is 9.93. The normalized spacial score (nSPS) is 24.1. The predicted molar refractivity (Wildman–Crippen MR) is 61.5 cm³/mol. The Labute approximate surface area is 102 Å². The van der Waals surface area contributed by atoms with Crippen molar-refractivity contribution in [3.63, 3.8) is 0 Å². The van der Waals surface area contributed by atoms with Gasteiger partial charge in [-0.2, -0.15) is 0 Å². The Morgan fingerprint density at radius 2 is 2.53 bits per heavy atom. The van der Waals surface area contributed by atoms with Gasteiger partial charge in [0.15, 0.2) is 0 Å². The number of aliphatic hydroxyl groups excluding tert-OH is 1. The summed E-state index contributed by atoms with van der Waals surface area (Å²) in [5.74, 6) is -0.309. The van der Waals surface area contributed by atoms with Gasteiger partial charge in [0.2, 0.25) is 0 Å². The van der Waals surface area contributed by atoms with Gasteiger partial charge in [-0.15, -0.1) is 16.9 Å². The van der Waals surface area contributed by atoms with Crippen LogP contribution in [0.5, 0.6) is 0 Å². The number of carboxylic acid groups (broad SMARTS) is 1. The van der Waals surface area contributed by atoms with Crippen molar-refractivity contribution in [3.8, 4) is 0 Å². The lowest BCUT2D eigenvalue weighted by Crippen LogP contribution is -2.33. The lowest BCUT2D eigenvalue weighted by atomic mass is 10.3. The summed E-state index contributed by atoms with van der Waals surface area (Å²) in [7, 11) is 0. The molecule has 1 aliphatic rings. The fraction of sp³-hybridized carbons (Fsp3) is 0.667. The van der Waals surface area contributed by atoms with Gasteiger partial charge in [-0.3, -0.25) is 14.8 Å². The molecule has 0 amide bonds. The molecule has 0 bridgehead atoms. The van der Waals surface area contributed by atoms with Crippen molar-refractivity contribution in [1.29, 1.82) is 0 Å². The van der Waals surface area contributed by atoms with Gasteiger partial charge in [0.1, 0.15) is 17.1 Å². The van der Waals surface area contributed by atoms with E-state index in [1.165, 1.54) is 11.8 Å². The van der Waals surface area contributed by atoms with E-state index in [0.29, 0.717) is 18.7 Å². The van der Waals surface area contributed by atoms with Crippen molar-refractivity contribution in [3.05, 3.63) is 11.9 Å².